The van der Waals surface area contributed by atoms with Gasteiger partial charge in [0.15, 0.2) is 0 Å². The summed E-state index contributed by atoms with van der Waals surface area (Å²) >= 11 is 0. The summed E-state index contributed by atoms with van der Waals surface area (Å²) in [6, 6.07) is 3.98. The van der Waals surface area contributed by atoms with E-state index in [1.54, 1.807) is 19.5 Å². The Bertz CT molecular complexity index is 679. The lowest BCUT2D eigenvalue weighted by Gasteiger charge is -2.21. The Hall–Kier alpha value is -2.05. The van der Waals surface area contributed by atoms with Crippen LogP contribution in [0.15, 0.2) is 27.1 Å². The van der Waals surface area contributed by atoms with E-state index in [1.807, 2.05) is 12.1 Å². The Balaban J connectivity index is 2.31. The highest BCUT2D eigenvalue weighted by Crippen LogP contribution is 2.29. The van der Waals surface area contributed by atoms with Crippen LogP contribution in [0.4, 0.5) is 0 Å². The van der Waals surface area contributed by atoms with Crippen LogP contribution in [0.3, 0.4) is 0 Å². The second-order valence-electron chi connectivity index (χ2n) is 8.26. The molecule has 30 heavy (non-hydrogen) atoms. The van der Waals surface area contributed by atoms with E-state index < -0.39 is 0 Å². The lowest BCUT2D eigenvalue weighted by Crippen LogP contribution is -2.12. The van der Waals surface area contributed by atoms with Gasteiger partial charge in [0.25, 0.3) is 0 Å². The van der Waals surface area contributed by atoms with Crippen LogP contribution < -0.4 is 0 Å². The molecule has 1 N–H and O–H groups in total. The number of phenols is 1. The molecule has 0 fully saturated rings. The molecular weight excluding hydrogens is 378 g/mol. The minimum absolute atomic E-state index is 0.0195. The van der Waals surface area contributed by atoms with Crippen molar-refractivity contribution >= 4 is 19.1 Å². The van der Waals surface area contributed by atoms with E-state index in [0.717, 1.165) is 68.7 Å². The molecule has 0 atom stereocenters. The highest BCUT2D eigenvalue weighted by Gasteiger charge is 2.17. The van der Waals surface area contributed by atoms with Crippen molar-refractivity contribution in [3.63, 3.8) is 0 Å². The Morgan fingerprint density at radius 1 is 0.900 bits per heavy atom. The molecule has 0 heterocycles. The van der Waals surface area contributed by atoms with Gasteiger partial charge in [-0.1, -0.05) is 20.8 Å². The normalized spacial score (nSPS) is 12.3. The third-order valence-corrected chi connectivity index (χ3v) is 4.54. The first-order chi connectivity index (χ1) is 14.4. The van der Waals surface area contributed by atoms with Gasteiger partial charge in [0.05, 0.1) is 0 Å². The van der Waals surface area contributed by atoms with Crippen LogP contribution in [-0.4, -0.2) is 70.8 Å². The zero-order valence-corrected chi connectivity index (χ0v) is 19.2. The lowest BCUT2D eigenvalue weighted by molar-refractivity contribution is 0.102. The van der Waals surface area contributed by atoms with E-state index >= 15 is 0 Å². The number of phenolic OH excluding ortho intramolecular Hbond substituents is 1. The van der Waals surface area contributed by atoms with Gasteiger partial charge in [-0.2, -0.15) is 0 Å². The molecule has 0 amide bonds. The summed E-state index contributed by atoms with van der Waals surface area (Å²) in [5.41, 5.74) is 2.56. The second-order valence-corrected chi connectivity index (χ2v) is 8.26. The Morgan fingerprint density at radius 2 is 1.43 bits per heavy atom. The van der Waals surface area contributed by atoms with Crippen LogP contribution in [0, 0.1) is 0 Å². The number of unbranched alkanes of at least 4 members (excludes halogenated alkanes) is 1. The number of benzene rings is 1. The molecule has 168 valence electrons. The van der Waals surface area contributed by atoms with Gasteiger partial charge in [-0.15, -0.1) is 0 Å². The fraction of sp³-hybridized carbons (Fsp3) is 0.625. The van der Waals surface area contributed by atoms with E-state index in [9.17, 15) is 5.11 Å². The van der Waals surface area contributed by atoms with Crippen molar-refractivity contribution in [2.24, 2.45) is 15.0 Å². The Morgan fingerprint density at radius 3 is 1.97 bits per heavy atom. The first-order valence-corrected chi connectivity index (χ1v) is 10.8. The fourth-order valence-electron chi connectivity index (χ4n) is 2.76. The smallest absolute Gasteiger partial charge is 0.133 e. The van der Waals surface area contributed by atoms with Crippen molar-refractivity contribution in [1.29, 1.82) is 0 Å². The molecule has 1 aromatic rings. The Kier molecular flexibility index (Phi) is 12.9. The van der Waals surface area contributed by atoms with Crippen LogP contribution in [0.25, 0.3) is 0 Å². The summed E-state index contributed by atoms with van der Waals surface area (Å²) in [6.45, 7) is 14.3. The van der Waals surface area contributed by atoms with Gasteiger partial charge in [0.2, 0.25) is 0 Å². The summed E-state index contributed by atoms with van der Waals surface area (Å²) in [4.78, 5) is 12.3. The average molecular weight is 418 g/mol. The van der Waals surface area contributed by atoms with E-state index in [2.05, 4.69) is 42.5 Å². The lowest BCUT2D eigenvalue weighted by atomic mass is 9.85. The van der Waals surface area contributed by atoms with Crippen LogP contribution in [-0.2, 0) is 14.9 Å². The molecule has 6 heteroatoms. The summed E-state index contributed by atoms with van der Waals surface area (Å²) in [5.74, 6) is 0.219. The maximum absolute atomic E-state index is 10.5. The minimum atomic E-state index is -0.0195. The van der Waals surface area contributed by atoms with Gasteiger partial charge in [0.1, 0.15) is 5.75 Å². The summed E-state index contributed by atoms with van der Waals surface area (Å²) in [5, 5.41) is 10.5. The number of hydrogen-bond donors (Lipinski definition) is 1. The molecule has 0 radical (unpaired) electrons. The SMILES string of the molecule is C=NCCCOCCCCOCCCN=Cc1cc(C(C)(C)C)cc(C=NC)c1O. The molecule has 1 rings (SSSR count). The van der Waals surface area contributed by atoms with E-state index in [-0.39, 0.29) is 11.2 Å². The van der Waals surface area contributed by atoms with Gasteiger partial charge >= 0.3 is 0 Å². The predicted molar refractivity (Wildman–Crippen MR) is 127 cm³/mol. The highest BCUT2D eigenvalue weighted by atomic mass is 16.5. The van der Waals surface area contributed by atoms with E-state index in [0.29, 0.717) is 13.2 Å². The molecule has 0 aromatic heterocycles. The fourth-order valence-corrected chi connectivity index (χ4v) is 2.76. The first-order valence-electron chi connectivity index (χ1n) is 10.8. The van der Waals surface area contributed by atoms with Crippen molar-refractivity contribution in [2.75, 3.05) is 46.6 Å². The van der Waals surface area contributed by atoms with E-state index in [4.69, 9.17) is 9.47 Å². The van der Waals surface area contributed by atoms with Crippen LogP contribution in [0.5, 0.6) is 5.75 Å². The largest absolute Gasteiger partial charge is 0.507 e. The molecule has 0 saturated carbocycles. The van der Waals surface area contributed by atoms with Gasteiger partial charge in [0, 0.05) is 70.1 Å². The zero-order chi connectivity index (χ0) is 22.2. The van der Waals surface area contributed by atoms with Gasteiger partial charge in [-0.3, -0.25) is 9.98 Å². The molecule has 0 aliphatic carbocycles. The minimum Gasteiger partial charge on any atom is -0.507 e. The number of aromatic hydroxyl groups is 1. The molecule has 0 aliphatic heterocycles. The number of rotatable bonds is 15. The summed E-state index contributed by atoms with van der Waals surface area (Å²) < 4.78 is 11.2. The topological polar surface area (TPSA) is 75.8 Å². The maximum atomic E-state index is 10.5. The Labute approximate surface area is 182 Å². The molecule has 0 aliphatic rings. The van der Waals surface area contributed by atoms with Crippen molar-refractivity contribution in [2.45, 2.75) is 51.9 Å². The molecule has 1 aromatic carbocycles. The maximum Gasteiger partial charge on any atom is 0.133 e. The van der Waals surface area contributed by atoms with Crippen molar-refractivity contribution in [3.8, 4) is 5.75 Å². The van der Waals surface area contributed by atoms with Crippen LogP contribution >= 0.6 is 0 Å². The third-order valence-electron chi connectivity index (χ3n) is 4.54. The summed E-state index contributed by atoms with van der Waals surface area (Å²) in [6.07, 6.45) is 7.22. The average Bonchev–Trinajstić information content (AvgIpc) is 2.70. The molecular formula is C24H39N3O3. The van der Waals surface area contributed by atoms with Gasteiger partial charge < -0.3 is 19.6 Å². The number of ether oxygens (including phenoxy) is 2. The second kappa shape index (κ2) is 14.9. The first kappa shape index (κ1) is 26.0. The monoisotopic (exact) mass is 417 g/mol. The van der Waals surface area contributed by atoms with Crippen LogP contribution in [0.1, 0.15) is 63.1 Å². The predicted octanol–water partition coefficient (Wildman–Crippen LogP) is 4.45. The molecule has 6 nitrogen and oxygen atoms in total. The van der Waals surface area contributed by atoms with Gasteiger partial charge in [-0.25, -0.2) is 0 Å². The number of nitrogens with zero attached hydrogens (tertiary/aromatic N) is 3. The van der Waals surface area contributed by atoms with E-state index in [1.165, 1.54) is 0 Å². The van der Waals surface area contributed by atoms with Crippen molar-refractivity contribution in [1.82, 2.24) is 0 Å². The molecule has 0 saturated heterocycles. The highest BCUT2D eigenvalue weighted by molar-refractivity contribution is 5.92. The van der Waals surface area contributed by atoms with Crippen LogP contribution in [0.2, 0.25) is 0 Å². The number of hydrogen-bond acceptors (Lipinski definition) is 6. The quantitative estimate of drug-likeness (QED) is 0.338. The van der Waals surface area contributed by atoms with Crippen molar-refractivity contribution < 1.29 is 14.6 Å². The number of aliphatic imine (C=N–C) groups is 3. The van der Waals surface area contributed by atoms with Gasteiger partial charge in [-0.05, 0) is 55.5 Å². The standard InChI is InChI=1S/C24H39N3O3/c1-24(2,3)22-16-20(18-26-5)23(28)21(17-22)19-27-11-9-15-30-13-7-6-12-29-14-8-10-25-4/h16-19,28H,4,6-15H2,1-3,5H3. The molecule has 0 unspecified atom stereocenters. The van der Waals surface area contributed by atoms with Crippen molar-refractivity contribution in [3.05, 3.63) is 28.8 Å². The summed E-state index contributed by atoms with van der Waals surface area (Å²) in [7, 11) is 1.70. The third kappa shape index (κ3) is 10.6. The zero-order valence-electron chi connectivity index (χ0n) is 19.2. The molecule has 0 spiro atoms. The molecule has 0 bridgehead atoms.